The van der Waals surface area contributed by atoms with Crippen molar-refractivity contribution in [1.82, 2.24) is 5.32 Å². The number of rotatable bonds is 7. The van der Waals surface area contributed by atoms with Crippen LogP contribution < -0.4 is 5.32 Å². The number of nitro benzene ring substituents is 1. The average Bonchev–Trinajstić information content (AvgIpc) is 2.53. The summed E-state index contributed by atoms with van der Waals surface area (Å²) in [6.45, 7) is 1.53. The molecule has 0 saturated carbocycles. The molecule has 1 radical (unpaired) electrons. The molecule has 0 bridgehead atoms. The number of phenolic OH excluding ortho intramolecular Hbond substituents is 2. The molecule has 0 aliphatic rings. The first-order valence-electron chi connectivity index (χ1n) is 7.03. The Morgan fingerprint density at radius 1 is 1.17 bits per heavy atom. The summed E-state index contributed by atoms with van der Waals surface area (Å²) in [5.41, 5.74) is 1.01. The van der Waals surface area contributed by atoms with Crippen LogP contribution in [0.4, 0.5) is 5.69 Å². The van der Waals surface area contributed by atoms with E-state index < -0.39 is 4.92 Å². The number of hydrogen-bond acceptors (Lipinski definition) is 6. The molecule has 0 aromatic heterocycles. The van der Waals surface area contributed by atoms with Crippen molar-refractivity contribution in [2.45, 2.75) is 6.54 Å². The van der Waals surface area contributed by atoms with Crippen molar-refractivity contribution in [3.05, 3.63) is 63.7 Å². The van der Waals surface area contributed by atoms with Gasteiger partial charge in [-0.2, -0.15) is 0 Å². The zero-order valence-corrected chi connectivity index (χ0v) is 13.9. The summed E-state index contributed by atoms with van der Waals surface area (Å²) in [4.78, 5) is 14.3. The summed E-state index contributed by atoms with van der Waals surface area (Å²) >= 11 is 0. The number of nitrogens with zero attached hydrogens (tertiary/aromatic N) is 2. The fraction of sp³-hybridized carbons (Fsp3) is 0.188. The Balaban J connectivity index is 0.00000288. The van der Waals surface area contributed by atoms with Crippen molar-refractivity contribution in [1.29, 1.82) is 0 Å². The minimum absolute atomic E-state index is 0. The molecule has 24 heavy (non-hydrogen) atoms. The molecule has 0 saturated heterocycles. The van der Waals surface area contributed by atoms with Crippen molar-refractivity contribution in [3.8, 4) is 11.5 Å². The molecule has 0 fully saturated rings. The molecule has 0 atom stereocenters. The van der Waals surface area contributed by atoms with Gasteiger partial charge in [0.25, 0.3) is 5.69 Å². The van der Waals surface area contributed by atoms with Gasteiger partial charge in [-0.25, -0.2) is 0 Å². The Morgan fingerprint density at radius 2 is 1.92 bits per heavy atom. The summed E-state index contributed by atoms with van der Waals surface area (Å²) in [6, 6.07) is 10.8. The zero-order chi connectivity index (χ0) is 16.7. The minimum Gasteiger partial charge on any atom is -0.508 e. The minimum atomic E-state index is -0.523. The molecule has 0 heterocycles. The molecular formula is C16H17MnN3O4. The maximum atomic E-state index is 10.7. The molecule has 3 N–H and O–H groups in total. The van der Waals surface area contributed by atoms with E-state index in [1.54, 1.807) is 12.1 Å². The second kappa shape index (κ2) is 9.67. The topological polar surface area (TPSA) is 108 Å². The molecule has 0 aliphatic carbocycles. The first kappa shape index (κ1) is 19.6. The van der Waals surface area contributed by atoms with Gasteiger partial charge in [0.15, 0.2) is 0 Å². The third-order valence-electron chi connectivity index (χ3n) is 3.18. The number of non-ortho nitro benzene ring substituents is 1. The van der Waals surface area contributed by atoms with Crippen molar-refractivity contribution in [3.63, 3.8) is 0 Å². The SMILES string of the molecule is O=[N+]([O-])c1ccc(O)c(C=NCCNCc2ccccc2O)c1.[Mn]. The van der Waals surface area contributed by atoms with Crippen molar-refractivity contribution in [2.75, 3.05) is 13.1 Å². The van der Waals surface area contributed by atoms with Crippen LogP contribution in [0.1, 0.15) is 11.1 Å². The summed E-state index contributed by atoms with van der Waals surface area (Å²) < 4.78 is 0. The van der Waals surface area contributed by atoms with Gasteiger partial charge < -0.3 is 15.5 Å². The Morgan fingerprint density at radius 3 is 2.62 bits per heavy atom. The second-order valence-corrected chi connectivity index (χ2v) is 4.84. The first-order chi connectivity index (χ1) is 11.1. The van der Waals surface area contributed by atoms with E-state index in [2.05, 4.69) is 10.3 Å². The van der Waals surface area contributed by atoms with Gasteiger partial charge >= 0.3 is 0 Å². The smallest absolute Gasteiger partial charge is 0.270 e. The van der Waals surface area contributed by atoms with Crippen LogP contribution in [0.15, 0.2) is 47.5 Å². The van der Waals surface area contributed by atoms with Gasteiger partial charge in [-0.1, -0.05) is 18.2 Å². The van der Waals surface area contributed by atoms with Gasteiger partial charge in [-0.05, 0) is 12.1 Å². The van der Waals surface area contributed by atoms with E-state index in [4.69, 9.17) is 0 Å². The van der Waals surface area contributed by atoms with E-state index in [1.807, 2.05) is 12.1 Å². The number of nitrogens with one attached hydrogen (secondary N) is 1. The third kappa shape index (κ3) is 5.66. The van der Waals surface area contributed by atoms with E-state index >= 15 is 0 Å². The van der Waals surface area contributed by atoms with Gasteiger partial charge in [0.1, 0.15) is 11.5 Å². The fourth-order valence-corrected chi connectivity index (χ4v) is 1.95. The van der Waals surface area contributed by atoms with E-state index in [0.717, 1.165) is 5.56 Å². The van der Waals surface area contributed by atoms with Crippen LogP contribution >= 0.6 is 0 Å². The van der Waals surface area contributed by atoms with Gasteiger partial charge in [-0.3, -0.25) is 15.1 Å². The average molecular weight is 370 g/mol. The van der Waals surface area contributed by atoms with Crippen LogP contribution in [0.25, 0.3) is 0 Å². The monoisotopic (exact) mass is 370 g/mol. The fourth-order valence-electron chi connectivity index (χ4n) is 1.95. The number of benzene rings is 2. The molecule has 0 spiro atoms. The molecule has 2 aromatic carbocycles. The predicted octanol–water partition coefficient (Wildman–Crippen LogP) is 2.21. The summed E-state index contributed by atoms with van der Waals surface area (Å²) in [6.07, 6.45) is 1.41. The van der Waals surface area contributed by atoms with E-state index in [-0.39, 0.29) is 34.3 Å². The van der Waals surface area contributed by atoms with E-state index in [1.165, 1.54) is 24.4 Å². The molecular weight excluding hydrogens is 353 g/mol. The molecule has 7 nitrogen and oxygen atoms in total. The largest absolute Gasteiger partial charge is 0.508 e. The van der Waals surface area contributed by atoms with Gasteiger partial charge in [0.05, 0.1) is 11.5 Å². The second-order valence-electron chi connectivity index (χ2n) is 4.84. The number of aromatic hydroxyl groups is 2. The molecule has 0 amide bonds. The zero-order valence-electron chi connectivity index (χ0n) is 12.7. The maximum absolute atomic E-state index is 10.7. The number of para-hydroxylation sites is 1. The van der Waals surface area contributed by atoms with Crippen molar-refractivity contribution < 1.29 is 32.2 Å². The van der Waals surface area contributed by atoms with Crippen LogP contribution in [-0.4, -0.2) is 34.4 Å². The molecule has 127 valence electrons. The van der Waals surface area contributed by atoms with Crippen molar-refractivity contribution >= 4 is 11.9 Å². The third-order valence-corrected chi connectivity index (χ3v) is 3.18. The van der Waals surface area contributed by atoms with E-state index in [9.17, 15) is 20.3 Å². The van der Waals surface area contributed by atoms with E-state index in [0.29, 0.717) is 25.2 Å². The molecule has 0 aliphatic heterocycles. The number of nitro groups is 1. The number of phenols is 2. The Hall–Kier alpha value is -2.41. The summed E-state index contributed by atoms with van der Waals surface area (Å²) in [5, 5.41) is 33.1. The Labute approximate surface area is 149 Å². The summed E-state index contributed by atoms with van der Waals surface area (Å²) in [5.74, 6) is 0.187. The van der Waals surface area contributed by atoms with Gasteiger partial charge in [0.2, 0.25) is 0 Å². The van der Waals surface area contributed by atoms with Crippen LogP contribution in [0.2, 0.25) is 0 Å². The van der Waals surface area contributed by atoms with Crippen LogP contribution in [0.5, 0.6) is 11.5 Å². The Bertz CT molecular complexity index is 722. The van der Waals surface area contributed by atoms with Crippen LogP contribution in [0, 0.1) is 10.1 Å². The standard InChI is InChI=1S/C16H17N3O4.Mn/c20-15-4-2-1-3-12(15)10-17-7-8-18-11-13-9-14(19(22)23)5-6-16(13)21;/h1-6,9,11,17,20-21H,7-8,10H2;. The van der Waals surface area contributed by atoms with Gasteiger partial charge in [-0.15, -0.1) is 0 Å². The molecule has 0 unspecified atom stereocenters. The maximum Gasteiger partial charge on any atom is 0.270 e. The molecule has 2 aromatic rings. The molecule has 2 rings (SSSR count). The first-order valence-corrected chi connectivity index (χ1v) is 7.03. The van der Waals surface area contributed by atoms with Crippen molar-refractivity contribution in [2.24, 2.45) is 4.99 Å². The summed E-state index contributed by atoms with van der Waals surface area (Å²) in [7, 11) is 0. The normalized spacial score (nSPS) is 10.5. The quantitative estimate of drug-likeness (QED) is 0.228. The Kier molecular flexibility index (Phi) is 7.91. The van der Waals surface area contributed by atoms with Crippen LogP contribution in [0.3, 0.4) is 0 Å². The number of hydrogen-bond donors (Lipinski definition) is 3. The van der Waals surface area contributed by atoms with Gasteiger partial charge in [0, 0.05) is 59.6 Å². The van der Waals surface area contributed by atoms with Crippen LogP contribution in [-0.2, 0) is 23.6 Å². The predicted molar refractivity (Wildman–Crippen MR) is 87.0 cm³/mol. The molecule has 8 heteroatoms. The number of aliphatic imine (C=N–C) groups is 1.